The monoisotopic (exact) mass is 375 g/mol. The number of benzene rings is 1. The second-order valence-electron chi connectivity index (χ2n) is 4.64. The Morgan fingerprint density at radius 2 is 1.86 bits per heavy atom. The van der Waals surface area contributed by atoms with E-state index in [1.54, 1.807) is 12.1 Å². The van der Waals surface area contributed by atoms with Crippen molar-refractivity contribution in [1.82, 2.24) is 4.31 Å². The summed E-state index contributed by atoms with van der Waals surface area (Å²) in [4.78, 5) is 0. The minimum atomic E-state index is -4.00. The maximum absolute atomic E-state index is 12.9. The van der Waals surface area contributed by atoms with E-state index in [1.165, 1.54) is 16.4 Å². The van der Waals surface area contributed by atoms with Crippen LogP contribution in [0.15, 0.2) is 24.3 Å². The lowest BCUT2D eigenvalue weighted by Gasteiger charge is -2.12. The van der Waals surface area contributed by atoms with Gasteiger partial charge in [0.05, 0.1) is 6.04 Å². The average Bonchev–Trinajstić information content (AvgIpc) is 3.12. The van der Waals surface area contributed by atoms with Crippen LogP contribution in [0.2, 0.25) is 0 Å². The van der Waals surface area contributed by atoms with Gasteiger partial charge in [0.2, 0.25) is 3.79 Å². The molecule has 1 fully saturated rings. The molecule has 3 atom stereocenters. The largest absolute Gasteiger partial charge is 0.339 e. The van der Waals surface area contributed by atoms with E-state index in [2.05, 4.69) is 0 Å². The fourth-order valence-electron chi connectivity index (χ4n) is 2.20. The van der Waals surface area contributed by atoms with Gasteiger partial charge in [0.15, 0.2) is 0 Å². The first-order valence-corrected chi connectivity index (χ1v) is 8.65. The molecule has 1 aliphatic heterocycles. The maximum Gasteiger partial charge on any atom is 0.339 e. The predicted molar refractivity (Wildman–Crippen MR) is 80.2 cm³/mol. The molecule has 1 aromatic rings. The molecule has 9 heteroatoms. The molecule has 2 rings (SSSR count). The van der Waals surface area contributed by atoms with Crippen LogP contribution in [0, 0.1) is 5.82 Å². The summed E-state index contributed by atoms with van der Waals surface area (Å²) in [5.74, 6) is -0.380. The van der Waals surface area contributed by atoms with Crippen molar-refractivity contribution >= 4 is 45.1 Å². The Hall–Kier alpha value is -0.110. The number of hydrogen-bond donors (Lipinski definition) is 0. The molecule has 1 saturated heterocycles. The van der Waals surface area contributed by atoms with Crippen molar-refractivity contribution in [1.29, 1.82) is 0 Å². The Bertz CT molecular complexity index is 603. The van der Waals surface area contributed by atoms with Crippen LogP contribution >= 0.6 is 34.8 Å². The smallest absolute Gasteiger partial charge is 0.253 e. The molecule has 0 bridgehead atoms. The molecule has 0 aromatic heterocycles. The molecule has 4 nitrogen and oxygen atoms in total. The number of hydrogen-bond acceptors (Lipinski definition) is 3. The Labute approximate surface area is 138 Å². The van der Waals surface area contributed by atoms with Crippen LogP contribution in [0.25, 0.3) is 0 Å². The van der Waals surface area contributed by atoms with Gasteiger partial charge in [-0.15, -0.1) is 0 Å². The molecule has 0 radical (unpaired) electrons. The van der Waals surface area contributed by atoms with E-state index in [0.29, 0.717) is 12.0 Å². The van der Waals surface area contributed by atoms with E-state index in [4.69, 9.17) is 39.0 Å². The highest BCUT2D eigenvalue weighted by Gasteiger charge is 2.55. The van der Waals surface area contributed by atoms with Gasteiger partial charge in [-0.2, -0.15) is 12.7 Å². The summed E-state index contributed by atoms with van der Waals surface area (Å²) in [6, 6.07) is 5.05. The molecular weight excluding hydrogens is 364 g/mol. The van der Waals surface area contributed by atoms with Crippen LogP contribution in [-0.2, 0) is 14.5 Å². The molecule has 0 spiro atoms. The first-order chi connectivity index (χ1) is 9.65. The summed E-state index contributed by atoms with van der Waals surface area (Å²) >= 11 is 16.5. The van der Waals surface area contributed by atoms with Crippen molar-refractivity contribution in [2.24, 2.45) is 0 Å². The quantitative estimate of drug-likeness (QED) is 0.583. The van der Waals surface area contributed by atoms with Gasteiger partial charge in [-0.3, -0.25) is 4.18 Å². The number of alkyl halides is 3. The zero-order valence-electron chi connectivity index (χ0n) is 11.0. The molecule has 1 heterocycles. The van der Waals surface area contributed by atoms with E-state index in [9.17, 15) is 12.8 Å². The predicted octanol–water partition coefficient (Wildman–Crippen LogP) is 3.59. The molecule has 0 amide bonds. The molecule has 0 N–H and O–H groups in total. The zero-order chi connectivity index (χ0) is 15.8. The fraction of sp³-hybridized carbons (Fsp3) is 0.500. The summed E-state index contributed by atoms with van der Waals surface area (Å²) in [6.07, 6.45) is 0.596. The second kappa shape index (κ2) is 6.18. The summed E-state index contributed by atoms with van der Waals surface area (Å²) in [5, 5.41) is 0. The molecule has 1 aromatic carbocycles. The number of nitrogens with zero attached hydrogens (tertiary/aromatic N) is 1. The summed E-state index contributed by atoms with van der Waals surface area (Å²) in [5.41, 5.74) is 0.698. The van der Waals surface area contributed by atoms with Gasteiger partial charge >= 0.3 is 10.3 Å². The van der Waals surface area contributed by atoms with Gasteiger partial charge in [0.25, 0.3) is 0 Å². The second-order valence-corrected chi connectivity index (χ2v) is 8.67. The summed E-state index contributed by atoms with van der Waals surface area (Å²) < 4.78 is 41.3. The van der Waals surface area contributed by atoms with Gasteiger partial charge < -0.3 is 0 Å². The third-order valence-electron chi connectivity index (χ3n) is 3.14. The van der Waals surface area contributed by atoms with E-state index in [1.807, 2.05) is 6.92 Å². The first kappa shape index (κ1) is 17.2. The Morgan fingerprint density at radius 3 is 2.33 bits per heavy atom. The van der Waals surface area contributed by atoms with Crippen LogP contribution in [0.1, 0.15) is 24.9 Å². The third kappa shape index (κ3) is 4.21. The Balaban J connectivity index is 2.14. The average molecular weight is 377 g/mol. The van der Waals surface area contributed by atoms with Gasteiger partial charge in [-0.1, -0.05) is 53.9 Å². The molecular formula is C12H13Cl3FNO3S. The Kier molecular flexibility index (Phi) is 5.08. The van der Waals surface area contributed by atoms with Gasteiger partial charge in [0, 0.05) is 6.04 Å². The van der Waals surface area contributed by atoms with Crippen LogP contribution < -0.4 is 0 Å². The molecule has 21 heavy (non-hydrogen) atoms. The van der Waals surface area contributed by atoms with Crippen molar-refractivity contribution in [2.75, 3.05) is 6.61 Å². The minimum Gasteiger partial charge on any atom is -0.253 e. The minimum absolute atomic E-state index is 0.240. The number of halogens is 4. The zero-order valence-corrected chi connectivity index (χ0v) is 14.1. The van der Waals surface area contributed by atoms with Crippen molar-refractivity contribution in [3.63, 3.8) is 0 Å². The lowest BCUT2D eigenvalue weighted by atomic mass is 10.1. The highest BCUT2D eigenvalue weighted by atomic mass is 35.6. The van der Waals surface area contributed by atoms with E-state index in [-0.39, 0.29) is 17.9 Å². The van der Waals surface area contributed by atoms with E-state index in [0.717, 1.165) is 0 Å². The van der Waals surface area contributed by atoms with Crippen LogP contribution in [0.4, 0.5) is 4.39 Å². The van der Waals surface area contributed by atoms with Gasteiger partial charge in [-0.25, -0.2) is 4.39 Å². The lowest BCUT2D eigenvalue weighted by molar-refractivity contribution is 0.302. The van der Waals surface area contributed by atoms with Crippen LogP contribution in [0.3, 0.4) is 0 Å². The highest BCUT2D eigenvalue weighted by Crippen LogP contribution is 2.48. The SMILES string of the molecule is CCC1C(c2ccc(F)cc2)N1S(=O)(=O)OCC(Cl)(Cl)Cl. The fourth-order valence-corrected chi connectivity index (χ4v) is 4.08. The van der Waals surface area contributed by atoms with Gasteiger partial charge in [-0.05, 0) is 24.1 Å². The standard InChI is InChI=1S/C12H13Cl3FNO3S/c1-2-10-11(8-3-5-9(16)6-4-8)17(10)21(18,19)20-7-12(13,14)15/h3-6,10-11H,2,7H2,1H3. The van der Waals surface area contributed by atoms with E-state index < -0.39 is 20.7 Å². The number of rotatable bonds is 5. The van der Waals surface area contributed by atoms with Gasteiger partial charge in [0.1, 0.15) is 12.4 Å². The van der Waals surface area contributed by atoms with Crippen LogP contribution in [-0.4, -0.2) is 29.2 Å². The highest BCUT2D eigenvalue weighted by molar-refractivity contribution is 7.84. The molecule has 118 valence electrons. The Morgan fingerprint density at radius 1 is 1.29 bits per heavy atom. The summed E-state index contributed by atoms with van der Waals surface area (Å²) in [6.45, 7) is 1.29. The topological polar surface area (TPSA) is 46.4 Å². The molecule has 3 unspecified atom stereocenters. The van der Waals surface area contributed by atoms with Crippen molar-refractivity contribution < 1.29 is 17.0 Å². The summed E-state index contributed by atoms with van der Waals surface area (Å²) in [7, 11) is -4.00. The van der Waals surface area contributed by atoms with E-state index >= 15 is 0 Å². The van der Waals surface area contributed by atoms with Crippen molar-refractivity contribution in [3.8, 4) is 0 Å². The maximum atomic E-state index is 12.9. The molecule has 0 aliphatic carbocycles. The normalized spacial score (nSPS) is 25.9. The molecule has 0 saturated carbocycles. The lowest BCUT2D eigenvalue weighted by Crippen LogP contribution is -2.23. The molecule has 1 aliphatic rings. The third-order valence-corrected chi connectivity index (χ3v) is 4.89. The van der Waals surface area contributed by atoms with Crippen molar-refractivity contribution in [2.45, 2.75) is 29.2 Å². The van der Waals surface area contributed by atoms with Crippen molar-refractivity contribution in [3.05, 3.63) is 35.6 Å². The van der Waals surface area contributed by atoms with Crippen LogP contribution in [0.5, 0.6) is 0 Å². The first-order valence-electron chi connectivity index (χ1n) is 6.16.